The van der Waals surface area contributed by atoms with Gasteiger partial charge in [0, 0.05) is 49.0 Å². The SMILES string of the molecule is O=S(=O)(c1ccc(Br)cc1)N1CCN2C[C@@H](Oc3cnc(C4CC4)cn3)C[C@H]2C1. The monoisotopic (exact) mass is 478 g/mol. The normalized spacial score (nSPS) is 25.7. The van der Waals surface area contributed by atoms with Crippen LogP contribution in [-0.2, 0) is 10.0 Å². The summed E-state index contributed by atoms with van der Waals surface area (Å²) in [5, 5.41) is 0. The Bertz CT molecular complexity index is 980. The van der Waals surface area contributed by atoms with Crippen molar-refractivity contribution in [1.29, 1.82) is 0 Å². The lowest BCUT2D eigenvalue weighted by Gasteiger charge is -2.36. The standard InChI is InChI=1S/C20H23BrN4O3S/c21-15-3-5-18(6-4-15)29(26,27)25-8-7-24-13-17(9-16(24)12-25)28-20-11-22-19(10-23-20)14-1-2-14/h3-6,10-11,14,16-17H,1-2,7-9,12-13H2/t16-,17-/m0/s1. The molecule has 5 rings (SSSR count). The Morgan fingerprint density at radius 1 is 1.03 bits per heavy atom. The van der Waals surface area contributed by atoms with E-state index in [-0.39, 0.29) is 12.1 Å². The summed E-state index contributed by atoms with van der Waals surface area (Å²) >= 11 is 3.35. The van der Waals surface area contributed by atoms with Crippen molar-refractivity contribution in [3.63, 3.8) is 0 Å². The number of hydrogen-bond acceptors (Lipinski definition) is 6. The molecule has 154 valence electrons. The van der Waals surface area contributed by atoms with Gasteiger partial charge >= 0.3 is 0 Å². The minimum atomic E-state index is -3.48. The molecule has 0 amide bonds. The molecule has 2 atom stereocenters. The van der Waals surface area contributed by atoms with Crippen LogP contribution in [0.3, 0.4) is 0 Å². The highest BCUT2D eigenvalue weighted by Gasteiger charge is 2.40. The summed E-state index contributed by atoms with van der Waals surface area (Å²) in [6.45, 7) is 2.50. The maximum absolute atomic E-state index is 13.0. The third-order valence-corrected chi connectivity index (χ3v) is 8.33. The van der Waals surface area contributed by atoms with Crippen LogP contribution in [0.2, 0.25) is 0 Å². The van der Waals surface area contributed by atoms with Crippen molar-refractivity contribution in [2.24, 2.45) is 0 Å². The number of rotatable bonds is 5. The van der Waals surface area contributed by atoms with Gasteiger partial charge in [0.15, 0.2) is 0 Å². The Labute approximate surface area is 179 Å². The van der Waals surface area contributed by atoms with Crippen LogP contribution in [0.4, 0.5) is 0 Å². The molecule has 1 aromatic heterocycles. The zero-order valence-corrected chi connectivity index (χ0v) is 18.3. The van der Waals surface area contributed by atoms with Crippen LogP contribution in [0.15, 0.2) is 46.0 Å². The minimum Gasteiger partial charge on any atom is -0.472 e. The quantitative estimate of drug-likeness (QED) is 0.657. The van der Waals surface area contributed by atoms with Crippen molar-refractivity contribution in [3.8, 4) is 5.88 Å². The second kappa shape index (κ2) is 7.61. The van der Waals surface area contributed by atoms with Gasteiger partial charge in [-0.3, -0.25) is 9.88 Å². The average Bonchev–Trinajstić information content (AvgIpc) is 3.48. The topological polar surface area (TPSA) is 75.6 Å². The predicted octanol–water partition coefficient (Wildman–Crippen LogP) is 2.64. The summed E-state index contributed by atoms with van der Waals surface area (Å²) < 4.78 is 34.5. The molecule has 29 heavy (non-hydrogen) atoms. The second-order valence-corrected chi connectivity index (χ2v) is 10.8. The van der Waals surface area contributed by atoms with Crippen LogP contribution >= 0.6 is 15.9 Å². The largest absolute Gasteiger partial charge is 0.472 e. The van der Waals surface area contributed by atoms with Gasteiger partial charge in [-0.1, -0.05) is 15.9 Å². The van der Waals surface area contributed by atoms with Gasteiger partial charge in [-0.15, -0.1) is 0 Å². The van der Waals surface area contributed by atoms with E-state index in [0.717, 1.165) is 23.1 Å². The molecule has 7 nitrogen and oxygen atoms in total. The number of benzene rings is 1. The van der Waals surface area contributed by atoms with Crippen molar-refractivity contribution in [2.45, 2.75) is 42.2 Å². The molecule has 9 heteroatoms. The molecule has 0 bridgehead atoms. The fourth-order valence-electron chi connectivity index (χ4n) is 4.17. The van der Waals surface area contributed by atoms with E-state index in [0.29, 0.717) is 36.3 Å². The summed E-state index contributed by atoms with van der Waals surface area (Å²) in [6.07, 6.45) is 6.74. The van der Waals surface area contributed by atoms with Gasteiger partial charge in [0.05, 0.1) is 23.0 Å². The van der Waals surface area contributed by atoms with E-state index in [1.165, 1.54) is 12.8 Å². The Kier molecular flexibility index (Phi) is 5.09. The van der Waals surface area contributed by atoms with Gasteiger partial charge < -0.3 is 4.74 Å². The van der Waals surface area contributed by atoms with Crippen molar-refractivity contribution in [3.05, 3.63) is 46.8 Å². The fourth-order valence-corrected chi connectivity index (χ4v) is 5.91. The lowest BCUT2D eigenvalue weighted by atomic mass is 10.2. The average molecular weight is 479 g/mol. The van der Waals surface area contributed by atoms with E-state index in [1.54, 1.807) is 34.8 Å². The van der Waals surface area contributed by atoms with Crippen LogP contribution in [0.25, 0.3) is 0 Å². The van der Waals surface area contributed by atoms with Gasteiger partial charge in [-0.2, -0.15) is 4.31 Å². The highest BCUT2D eigenvalue weighted by molar-refractivity contribution is 9.10. The molecule has 0 radical (unpaired) electrons. The number of hydrogen-bond donors (Lipinski definition) is 0. The zero-order chi connectivity index (χ0) is 20.0. The lowest BCUT2D eigenvalue weighted by molar-refractivity contribution is 0.151. The number of piperazine rings is 1. The molecular formula is C20H23BrN4O3S. The number of halogens is 1. The highest BCUT2D eigenvalue weighted by atomic mass is 79.9. The van der Waals surface area contributed by atoms with Gasteiger partial charge in [-0.25, -0.2) is 13.4 Å². The molecule has 1 saturated carbocycles. The van der Waals surface area contributed by atoms with Gasteiger partial charge in [0.25, 0.3) is 0 Å². The van der Waals surface area contributed by atoms with Crippen LogP contribution in [0, 0.1) is 0 Å². The van der Waals surface area contributed by atoms with Crippen molar-refractivity contribution in [1.82, 2.24) is 19.2 Å². The predicted molar refractivity (Wildman–Crippen MR) is 111 cm³/mol. The van der Waals surface area contributed by atoms with Gasteiger partial charge in [0.1, 0.15) is 6.10 Å². The molecule has 1 aliphatic carbocycles. The Balaban J connectivity index is 1.22. The molecular weight excluding hydrogens is 456 g/mol. The summed E-state index contributed by atoms with van der Waals surface area (Å²) in [4.78, 5) is 11.5. The maximum Gasteiger partial charge on any atom is 0.243 e. The first-order chi connectivity index (χ1) is 14.0. The summed E-state index contributed by atoms with van der Waals surface area (Å²) in [5.41, 5.74) is 1.05. The molecule has 0 spiro atoms. The first kappa shape index (κ1) is 19.4. The molecule has 2 aromatic rings. The smallest absolute Gasteiger partial charge is 0.243 e. The Morgan fingerprint density at radius 3 is 2.52 bits per heavy atom. The molecule has 1 aromatic carbocycles. The molecule has 0 N–H and O–H groups in total. The molecule has 3 fully saturated rings. The van der Waals surface area contributed by atoms with Crippen molar-refractivity contribution >= 4 is 26.0 Å². The minimum absolute atomic E-state index is 0.0106. The van der Waals surface area contributed by atoms with Crippen LogP contribution < -0.4 is 4.74 Å². The Hall–Kier alpha value is -1.55. The number of aromatic nitrogens is 2. The van der Waals surface area contributed by atoms with Crippen LogP contribution in [-0.4, -0.2) is 65.9 Å². The summed E-state index contributed by atoms with van der Waals surface area (Å²) in [5.74, 6) is 1.13. The van der Waals surface area contributed by atoms with E-state index >= 15 is 0 Å². The third kappa shape index (κ3) is 4.05. The number of sulfonamides is 1. The maximum atomic E-state index is 13.0. The molecule has 0 unspecified atom stereocenters. The van der Waals surface area contributed by atoms with Crippen LogP contribution in [0.5, 0.6) is 5.88 Å². The van der Waals surface area contributed by atoms with E-state index < -0.39 is 10.0 Å². The first-order valence-corrected chi connectivity index (χ1v) is 12.2. The van der Waals surface area contributed by atoms with E-state index in [1.807, 2.05) is 6.20 Å². The number of fused-ring (bicyclic) bond motifs is 1. The van der Waals surface area contributed by atoms with Gasteiger partial charge in [0.2, 0.25) is 15.9 Å². The molecule has 2 aliphatic heterocycles. The number of nitrogens with zero attached hydrogens (tertiary/aromatic N) is 4. The van der Waals surface area contributed by atoms with Crippen molar-refractivity contribution in [2.75, 3.05) is 26.2 Å². The van der Waals surface area contributed by atoms with E-state index in [9.17, 15) is 8.42 Å². The van der Waals surface area contributed by atoms with Gasteiger partial charge in [-0.05, 0) is 37.1 Å². The molecule has 3 heterocycles. The second-order valence-electron chi connectivity index (χ2n) is 8.00. The Morgan fingerprint density at radius 2 is 1.83 bits per heavy atom. The molecule has 2 saturated heterocycles. The first-order valence-electron chi connectivity index (χ1n) is 9.97. The molecule has 3 aliphatic rings. The summed E-state index contributed by atoms with van der Waals surface area (Å²) in [6, 6.07) is 6.99. The highest BCUT2D eigenvalue weighted by Crippen LogP contribution is 2.38. The van der Waals surface area contributed by atoms with Crippen molar-refractivity contribution < 1.29 is 13.2 Å². The van der Waals surface area contributed by atoms with Crippen LogP contribution in [0.1, 0.15) is 30.9 Å². The van der Waals surface area contributed by atoms with E-state index in [4.69, 9.17) is 4.74 Å². The summed E-state index contributed by atoms with van der Waals surface area (Å²) in [7, 11) is -3.48. The zero-order valence-electron chi connectivity index (χ0n) is 15.9. The third-order valence-electron chi connectivity index (χ3n) is 5.92. The van der Waals surface area contributed by atoms with E-state index in [2.05, 4.69) is 30.8 Å². The lowest BCUT2D eigenvalue weighted by Crippen LogP contribution is -2.51. The number of ether oxygens (including phenoxy) is 1. The fraction of sp³-hybridized carbons (Fsp3) is 0.500.